The molecule has 1 unspecified atom stereocenters. The van der Waals surface area contributed by atoms with E-state index in [2.05, 4.69) is 15.5 Å². The maximum absolute atomic E-state index is 13.6. The number of halogens is 2. The maximum atomic E-state index is 13.6. The molecule has 1 atom stereocenters. The average Bonchev–Trinajstić information content (AvgIpc) is 3.07. The summed E-state index contributed by atoms with van der Waals surface area (Å²) in [5.74, 6) is -0.311. The van der Waals surface area contributed by atoms with Crippen LogP contribution in [0.1, 0.15) is 12.5 Å². The third-order valence-corrected chi connectivity index (χ3v) is 4.77. The van der Waals surface area contributed by atoms with Gasteiger partial charge in [0, 0.05) is 16.3 Å². The fourth-order valence-electron chi connectivity index (χ4n) is 2.09. The van der Waals surface area contributed by atoms with Crippen LogP contribution in [-0.4, -0.2) is 21.4 Å². The largest absolute Gasteiger partial charge is 0.411 e. The number of anilines is 1. The molecule has 0 fully saturated rings. The molecule has 0 aliphatic heterocycles. The summed E-state index contributed by atoms with van der Waals surface area (Å²) >= 11 is 6.98. The monoisotopic (exact) mass is 391 g/mol. The van der Waals surface area contributed by atoms with E-state index in [1.165, 1.54) is 6.07 Å². The van der Waals surface area contributed by atoms with Crippen LogP contribution < -0.4 is 5.32 Å². The number of aromatic nitrogens is 2. The number of carbonyl (C=O) groups excluding carboxylic acids is 1. The van der Waals surface area contributed by atoms with Crippen LogP contribution in [0, 0.1) is 12.7 Å². The normalized spacial score (nSPS) is 12.0. The Morgan fingerprint density at radius 2 is 1.96 bits per heavy atom. The number of amides is 1. The van der Waals surface area contributed by atoms with E-state index in [1.54, 1.807) is 50.2 Å². The average molecular weight is 392 g/mol. The molecule has 0 aliphatic carbocycles. The second-order valence-corrected chi connectivity index (χ2v) is 7.32. The molecule has 2 aromatic carbocycles. The third kappa shape index (κ3) is 4.42. The number of thioether (sulfide) groups is 1. The second kappa shape index (κ2) is 7.88. The van der Waals surface area contributed by atoms with E-state index in [1.807, 2.05) is 0 Å². The molecule has 1 N–H and O–H groups in total. The van der Waals surface area contributed by atoms with Crippen LogP contribution in [0.15, 0.2) is 52.1 Å². The van der Waals surface area contributed by atoms with Crippen LogP contribution in [0.4, 0.5) is 10.1 Å². The smallest absolute Gasteiger partial charge is 0.277 e. The minimum atomic E-state index is -0.502. The van der Waals surface area contributed by atoms with E-state index >= 15 is 0 Å². The van der Waals surface area contributed by atoms with Crippen molar-refractivity contribution in [1.82, 2.24) is 10.2 Å². The predicted octanol–water partition coefficient (Wildman–Crippen LogP) is 4.96. The van der Waals surface area contributed by atoms with Gasteiger partial charge in [-0.1, -0.05) is 29.4 Å². The molecule has 1 heterocycles. The summed E-state index contributed by atoms with van der Waals surface area (Å²) in [4.78, 5) is 12.3. The van der Waals surface area contributed by atoms with Gasteiger partial charge in [0.25, 0.3) is 5.22 Å². The van der Waals surface area contributed by atoms with Gasteiger partial charge in [0.2, 0.25) is 11.8 Å². The van der Waals surface area contributed by atoms with Gasteiger partial charge in [0.1, 0.15) is 5.82 Å². The first-order valence-corrected chi connectivity index (χ1v) is 9.01. The van der Waals surface area contributed by atoms with Gasteiger partial charge in [0.15, 0.2) is 0 Å². The third-order valence-electron chi connectivity index (χ3n) is 3.58. The number of nitrogens with one attached hydrogen (secondary N) is 1. The van der Waals surface area contributed by atoms with Crippen molar-refractivity contribution in [3.05, 3.63) is 58.9 Å². The van der Waals surface area contributed by atoms with Gasteiger partial charge in [-0.25, -0.2) is 4.39 Å². The summed E-state index contributed by atoms with van der Waals surface area (Å²) in [5.41, 5.74) is 1.66. The number of benzene rings is 2. The highest BCUT2D eigenvalue weighted by Gasteiger charge is 2.19. The van der Waals surface area contributed by atoms with E-state index in [0.717, 1.165) is 17.3 Å². The molecule has 0 spiro atoms. The van der Waals surface area contributed by atoms with Crippen molar-refractivity contribution in [3.63, 3.8) is 0 Å². The summed E-state index contributed by atoms with van der Waals surface area (Å²) in [6.45, 7) is 3.37. The Balaban J connectivity index is 1.64. The lowest BCUT2D eigenvalue weighted by molar-refractivity contribution is -0.115. The van der Waals surface area contributed by atoms with Gasteiger partial charge in [0.05, 0.1) is 5.25 Å². The zero-order chi connectivity index (χ0) is 18.7. The molecule has 0 radical (unpaired) electrons. The van der Waals surface area contributed by atoms with Crippen molar-refractivity contribution < 1.29 is 13.6 Å². The molecule has 26 heavy (non-hydrogen) atoms. The van der Waals surface area contributed by atoms with Crippen LogP contribution in [0.5, 0.6) is 0 Å². The van der Waals surface area contributed by atoms with Crippen molar-refractivity contribution in [3.8, 4) is 11.5 Å². The van der Waals surface area contributed by atoms with Crippen LogP contribution in [0.25, 0.3) is 11.5 Å². The number of rotatable bonds is 5. The first-order chi connectivity index (χ1) is 12.4. The first-order valence-electron chi connectivity index (χ1n) is 7.75. The molecule has 3 aromatic rings. The maximum Gasteiger partial charge on any atom is 0.277 e. The van der Waals surface area contributed by atoms with Crippen molar-refractivity contribution in [2.45, 2.75) is 24.3 Å². The molecule has 5 nitrogen and oxygen atoms in total. The van der Waals surface area contributed by atoms with Crippen molar-refractivity contribution >= 4 is 35.0 Å². The highest BCUT2D eigenvalue weighted by atomic mass is 35.5. The van der Waals surface area contributed by atoms with E-state index < -0.39 is 5.25 Å². The Labute approximate surface area is 159 Å². The Bertz CT molecular complexity index is 930. The zero-order valence-corrected chi connectivity index (χ0v) is 15.6. The van der Waals surface area contributed by atoms with Gasteiger partial charge in [-0.05, 0) is 55.8 Å². The molecule has 0 bridgehead atoms. The van der Waals surface area contributed by atoms with Crippen LogP contribution in [0.2, 0.25) is 5.02 Å². The highest BCUT2D eigenvalue weighted by molar-refractivity contribution is 8.00. The van der Waals surface area contributed by atoms with Crippen molar-refractivity contribution in [2.75, 3.05) is 5.32 Å². The van der Waals surface area contributed by atoms with Gasteiger partial charge in [-0.15, -0.1) is 10.2 Å². The summed E-state index contributed by atoms with van der Waals surface area (Å²) in [7, 11) is 0. The fraction of sp³-hybridized carbons (Fsp3) is 0.167. The minimum Gasteiger partial charge on any atom is -0.411 e. The number of carbonyl (C=O) groups is 1. The molecule has 1 amide bonds. The van der Waals surface area contributed by atoms with Gasteiger partial charge in [-0.3, -0.25) is 4.79 Å². The summed E-state index contributed by atoms with van der Waals surface area (Å²) in [5, 5.41) is 11.0. The lowest BCUT2D eigenvalue weighted by Gasteiger charge is -2.10. The molecule has 3 rings (SSSR count). The van der Waals surface area contributed by atoms with Crippen LogP contribution in [0.3, 0.4) is 0 Å². The number of hydrogen-bond donors (Lipinski definition) is 1. The molecule has 1 aromatic heterocycles. The van der Waals surface area contributed by atoms with E-state index in [9.17, 15) is 9.18 Å². The first kappa shape index (κ1) is 18.4. The summed E-state index contributed by atoms with van der Waals surface area (Å²) in [6, 6.07) is 11.5. The summed E-state index contributed by atoms with van der Waals surface area (Å²) < 4.78 is 19.1. The molecular formula is C18H15ClFN3O2S. The number of aryl methyl sites for hydroxylation is 1. The Kier molecular flexibility index (Phi) is 5.58. The minimum absolute atomic E-state index is 0.271. The van der Waals surface area contributed by atoms with E-state index in [4.69, 9.17) is 16.0 Å². The molecule has 0 saturated heterocycles. The molecule has 0 aliphatic rings. The molecular weight excluding hydrogens is 377 g/mol. The molecule has 134 valence electrons. The molecule has 0 saturated carbocycles. The number of nitrogens with zero attached hydrogens (tertiary/aromatic N) is 2. The topological polar surface area (TPSA) is 68.0 Å². The summed E-state index contributed by atoms with van der Waals surface area (Å²) in [6.07, 6.45) is 0. The Morgan fingerprint density at radius 1 is 1.23 bits per heavy atom. The molecule has 8 heteroatoms. The van der Waals surface area contributed by atoms with E-state index in [0.29, 0.717) is 22.2 Å². The lowest BCUT2D eigenvalue weighted by Crippen LogP contribution is -2.22. The van der Waals surface area contributed by atoms with Crippen molar-refractivity contribution in [2.24, 2.45) is 0 Å². The fourth-order valence-corrected chi connectivity index (χ4v) is 2.90. The van der Waals surface area contributed by atoms with Crippen LogP contribution >= 0.6 is 23.4 Å². The second-order valence-electron chi connectivity index (χ2n) is 5.59. The SMILES string of the molecule is Cc1ccc(NC(=O)C(C)Sc2nnc(-c3ccc(Cl)cc3)o2)cc1F. The zero-order valence-electron chi connectivity index (χ0n) is 14.0. The van der Waals surface area contributed by atoms with E-state index in [-0.39, 0.29) is 16.9 Å². The van der Waals surface area contributed by atoms with Gasteiger partial charge < -0.3 is 9.73 Å². The Hall–Kier alpha value is -2.38. The quantitative estimate of drug-likeness (QED) is 0.623. The highest BCUT2D eigenvalue weighted by Crippen LogP contribution is 2.27. The van der Waals surface area contributed by atoms with Gasteiger partial charge in [-0.2, -0.15) is 0 Å². The number of hydrogen-bond acceptors (Lipinski definition) is 5. The standard InChI is InChI=1S/C18H15ClFN3O2S/c1-10-3-8-14(9-15(10)20)21-16(24)11(2)26-18-23-22-17(25-18)12-4-6-13(19)7-5-12/h3-9,11H,1-2H3,(H,21,24). The van der Waals surface area contributed by atoms with Gasteiger partial charge >= 0.3 is 0 Å². The predicted molar refractivity (Wildman–Crippen MR) is 99.8 cm³/mol. The van der Waals surface area contributed by atoms with Crippen molar-refractivity contribution in [1.29, 1.82) is 0 Å². The van der Waals surface area contributed by atoms with Crippen LogP contribution in [-0.2, 0) is 4.79 Å². The lowest BCUT2D eigenvalue weighted by atomic mass is 10.2. The Morgan fingerprint density at radius 3 is 2.65 bits per heavy atom.